The zero-order chi connectivity index (χ0) is 32.1. The van der Waals surface area contributed by atoms with Gasteiger partial charge in [0, 0.05) is 37.1 Å². The van der Waals surface area contributed by atoms with Crippen LogP contribution in [0.1, 0.15) is 62.2 Å². The molecule has 0 amide bonds. The van der Waals surface area contributed by atoms with Crippen molar-refractivity contribution in [2.24, 2.45) is 5.92 Å². The lowest BCUT2D eigenvalue weighted by Crippen LogP contribution is -2.36. The molecule has 13 nitrogen and oxygen atoms in total. The molecule has 2 aromatic heterocycles. The Morgan fingerprint density at radius 1 is 1.04 bits per heavy atom. The highest BCUT2D eigenvalue weighted by molar-refractivity contribution is 7.92. The summed E-state index contributed by atoms with van der Waals surface area (Å²) in [7, 11) is -3.87. The third-order valence-corrected chi connectivity index (χ3v) is 10.1. The molecule has 2 atom stereocenters. The maximum absolute atomic E-state index is 13.2. The number of benzene rings is 2. The zero-order valence-corrected chi connectivity index (χ0v) is 26.4. The van der Waals surface area contributed by atoms with Gasteiger partial charge >= 0.3 is 5.69 Å². The molecule has 1 fully saturated rings. The van der Waals surface area contributed by atoms with Crippen molar-refractivity contribution < 1.29 is 18.3 Å². The number of sulfonamides is 1. The number of nitrogens with one attached hydrogen (secondary N) is 2. The molecule has 2 aliphatic rings. The van der Waals surface area contributed by atoms with E-state index in [0.717, 1.165) is 24.3 Å². The van der Waals surface area contributed by atoms with Crippen molar-refractivity contribution in [1.29, 1.82) is 0 Å². The van der Waals surface area contributed by atoms with E-state index in [2.05, 4.69) is 25.4 Å². The van der Waals surface area contributed by atoms with Crippen LogP contribution in [0, 0.1) is 5.92 Å². The highest BCUT2D eigenvalue weighted by Gasteiger charge is 2.23. The van der Waals surface area contributed by atoms with E-state index >= 15 is 0 Å². The number of pyridine rings is 1. The number of nitrogen functional groups attached to an aromatic ring is 1. The summed E-state index contributed by atoms with van der Waals surface area (Å²) in [6.45, 7) is 1.39. The first-order chi connectivity index (χ1) is 22.2. The highest BCUT2D eigenvalue weighted by Crippen LogP contribution is 2.31. The monoisotopic (exact) mass is 648 g/mol. The van der Waals surface area contributed by atoms with E-state index in [1.165, 1.54) is 41.1 Å². The molecule has 2 aromatic carbocycles. The molecule has 46 heavy (non-hydrogen) atoms. The minimum atomic E-state index is -3.87. The number of tetrazole rings is 1. The van der Waals surface area contributed by atoms with Gasteiger partial charge < -0.3 is 20.9 Å². The number of ether oxygens (including phenoxy) is 1. The molecule has 4 aromatic rings. The first kappa shape index (κ1) is 31.7. The topological polar surface area (TPSA) is 179 Å². The Morgan fingerprint density at radius 3 is 2.61 bits per heavy atom. The third kappa shape index (κ3) is 7.57. The van der Waals surface area contributed by atoms with Crippen molar-refractivity contribution in [2.75, 3.05) is 23.5 Å². The number of fused-ring (bicyclic) bond motifs is 1. The van der Waals surface area contributed by atoms with Crippen molar-refractivity contribution in [3.05, 3.63) is 82.4 Å². The predicted molar refractivity (Wildman–Crippen MR) is 173 cm³/mol. The van der Waals surface area contributed by atoms with Crippen molar-refractivity contribution in [1.82, 2.24) is 30.1 Å². The molecule has 1 aliphatic carbocycles. The molecule has 3 heterocycles. The first-order valence-electron chi connectivity index (χ1n) is 15.8. The van der Waals surface area contributed by atoms with Gasteiger partial charge in [-0.3, -0.25) is 4.72 Å². The van der Waals surface area contributed by atoms with Gasteiger partial charge in [0.15, 0.2) is 0 Å². The average Bonchev–Trinajstić information content (AvgIpc) is 3.40. The lowest BCUT2D eigenvalue weighted by atomic mass is 9.82. The van der Waals surface area contributed by atoms with Gasteiger partial charge in [-0.15, -0.1) is 0 Å². The Balaban J connectivity index is 1.00. The summed E-state index contributed by atoms with van der Waals surface area (Å²) < 4.78 is 37.7. The van der Waals surface area contributed by atoms with Crippen LogP contribution in [0.15, 0.2) is 70.5 Å². The summed E-state index contributed by atoms with van der Waals surface area (Å²) in [4.78, 5) is 16.9. The fourth-order valence-corrected chi connectivity index (χ4v) is 6.89. The lowest BCUT2D eigenvalue weighted by Gasteiger charge is -2.27. The molecule has 1 saturated carbocycles. The van der Waals surface area contributed by atoms with Crippen LogP contribution in [0.5, 0.6) is 5.75 Å². The molecule has 2 unspecified atom stereocenters. The van der Waals surface area contributed by atoms with Crippen LogP contribution in [0.3, 0.4) is 0 Å². The van der Waals surface area contributed by atoms with Gasteiger partial charge in [-0.1, -0.05) is 38.2 Å². The molecule has 0 radical (unpaired) electrons. The molecule has 0 bridgehead atoms. The van der Waals surface area contributed by atoms with Gasteiger partial charge in [-0.25, -0.2) is 18.2 Å². The quantitative estimate of drug-likeness (QED) is 0.148. The van der Waals surface area contributed by atoms with Crippen LogP contribution < -0.4 is 26.2 Å². The summed E-state index contributed by atoms with van der Waals surface area (Å²) in [5.74, 6) is 1.88. The van der Waals surface area contributed by atoms with E-state index in [1.807, 2.05) is 0 Å². The van der Waals surface area contributed by atoms with Crippen LogP contribution in [-0.2, 0) is 23.0 Å². The largest absolute Gasteiger partial charge is 0.489 e. The number of hydrogen-bond acceptors (Lipinski definition) is 10. The normalized spacial score (nSPS) is 17.1. The number of rotatable bonds is 14. The maximum Gasteiger partial charge on any atom is 0.368 e. The third-order valence-electron chi connectivity index (χ3n) is 8.74. The van der Waals surface area contributed by atoms with E-state index in [0.29, 0.717) is 61.0 Å². The number of hydrogen-bond donors (Lipinski definition) is 4. The van der Waals surface area contributed by atoms with Crippen LogP contribution in [0.25, 0.3) is 5.69 Å². The minimum Gasteiger partial charge on any atom is -0.489 e. The smallest absolute Gasteiger partial charge is 0.368 e. The molecule has 5 N–H and O–H groups in total. The van der Waals surface area contributed by atoms with Gasteiger partial charge in [0.05, 0.1) is 16.7 Å². The second-order valence-corrected chi connectivity index (χ2v) is 13.8. The standard InChI is InChI=1S/C32H40N8O5S/c33-31-16-8-24(19-35-31)29(41)21-34-20-27-13-7-23-18-28(14-15-30(23)45-27)46(43,44)36-25-9-11-26(12-10-25)40-32(42)39(37-38-40)17-2-1-4-22-5-3-6-22/h8-12,14-16,18-19,22,27,29,34,36,41H,1-7,13,17,20-21H2,(H2,33,35). The van der Waals surface area contributed by atoms with Crippen molar-refractivity contribution in [3.8, 4) is 11.4 Å². The van der Waals surface area contributed by atoms with Crippen molar-refractivity contribution >= 4 is 21.5 Å². The van der Waals surface area contributed by atoms with Gasteiger partial charge in [-0.2, -0.15) is 9.36 Å². The molecular formula is C32H40N8O5S. The Kier molecular flexibility index (Phi) is 9.66. The average molecular weight is 649 g/mol. The Labute approximate surface area is 267 Å². The maximum atomic E-state index is 13.2. The van der Waals surface area contributed by atoms with Crippen LogP contribution in [0.2, 0.25) is 0 Å². The van der Waals surface area contributed by atoms with E-state index in [4.69, 9.17) is 10.5 Å². The Hall–Kier alpha value is -4.27. The minimum absolute atomic E-state index is 0.116. The van der Waals surface area contributed by atoms with E-state index in [1.54, 1.807) is 54.7 Å². The van der Waals surface area contributed by atoms with Crippen LogP contribution in [-0.4, -0.2) is 57.5 Å². The van der Waals surface area contributed by atoms with E-state index < -0.39 is 16.1 Å². The Bertz CT molecular complexity index is 1790. The number of nitrogens with zero attached hydrogens (tertiary/aromatic N) is 5. The summed E-state index contributed by atoms with van der Waals surface area (Å²) in [6, 6.07) is 14.7. The summed E-state index contributed by atoms with van der Waals surface area (Å²) in [6.07, 6.45) is 9.21. The van der Waals surface area contributed by atoms with Crippen molar-refractivity contribution in [2.45, 2.75) is 75.0 Å². The molecule has 0 spiro atoms. The number of aliphatic hydroxyl groups is 1. The molecule has 6 rings (SSSR count). The summed E-state index contributed by atoms with van der Waals surface area (Å²) >= 11 is 0. The van der Waals surface area contributed by atoms with E-state index in [9.17, 15) is 18.3 Å². The van der Waals surface area contributed by atoms with Gasteiger partial charge in [0.25, 0.3) is 10.0 Å². The second kappa shape index (κ2) is 14.0. The Morgan fingerprint density at radius 2 is 1.87 bits per heavy atom. The summed E-state index contributed by atoms with van der Waals surface area (Å²) in [5, 5.41) is 21.6. The molecule has 244 valence electrons. The number of aryl methyl sites for hydroxylation is 2. The highest BCUT2D eigenvalue weighted by atomic mass is 32.2. The first-order valence-corrected chi connectivity index (χ1v) is 17.3. The molecule has 1 aliphatic heterocycles. The SMILES string of the molecule is Nc1ccc(C(O)CNCC2CCc3cc(S(=O)(=O)Nc4ccc(-n5nnn(CCCCC6CCC6)c5=O)cc4)ccc3O2)cn1. The number of aliphatic hydroxyl groups excluding tert-OH is 1. The van der Waals surface area contributed by atoms with Crippen LogP contribution >= 0.6 is 0 Å². The number of anilines is 2. The summed E-state index contributed by atoms with van der Waals surface area (Å²) in [5.41, 5.74) is 7.63. The van der Waals surface area contributed by atoms with Gasteiger partial charge in [0.2, 0.25) is 0 Å². The molecular weight excluding hydrogens is 608 g/mol. The van der Waals surface area contributed by atoms with E-state index in [-0.39, 0.29) is 16.7 Å². The fourth-order valence-electron chi connectivity index (χ4n) is 5.78. The molecule has 0 saturated heterocycles. The second-order valence-electron chi connectivity index (χ2n) is 12.1. The van der Waals surface area contributed by atoms with Gasteiger partial charge in [-0.05, 0) is 89.7 Å². The molecule has 14 heteroatoms. The fraction of sp³-hybridized carbons (Fsp3) is 0.438. The van der Waals surface area contributed by atoms with Crippen LogP contribution in [0.4, 0.5) is 11.5 Å². The number of aromatic nitrogens is 5. The van der Waals surface area contributed by atoms with Gasteiger partial charge in [0.1, 0.15) is 17.7 Å². The number of unbranched alkanes of at least 4 members (excludes halogenated alkanes) is 1. The number of nitrogens with two attached hydrogens (primary N) is 1. The predicted octanol–water partition coefficient (Wildman–Crippen LogP) is 3.19. The van der Waals surface area contributed by atoms with Crippen molar-refractivity contribution in [3.63, 3.8) is 0 Å². The zero-order valence-electron chi connectivity index (χ0n) is 25.6. The lowest BCUT2D eigenvalue weighted by molar-refractivity contribution is 0.146.